The molecule has 3 rings (SSSR count). The summed E-state index contributed by atoms with van der Waals surface area (Å²) in [4.78, 5) is 13.0. The molecule has 17 heavy (non-hydrogen) atoms. The van der Waals surface area contributed by atoms with Crippen molar-refractivity contribution in [3.63, 3.8) is 0 Å². The third-order valence-electron chi connectivity index (χ3n) is 2.66. The summed E-state index contributed by atoms with van der Waals surface area (Å²) in [5, 5.41) is 1.04. The molecule has 0 atom stereocenters. The van der Waals surface area contributed by atoms with Crippen molar-refractivity contribution in [2.75, 3.05) is 0 Å². The standard InChI is InChI=1S/C14H11N3/c1-10-2-4-13(16-8-10)14-5-3-11-9-15-7-6-12(11)17-14/h2-9H,1H3. The molecule has 0 aliphatic heterocycles. The Morgan fingerprint density at radius 1 is 0.882 bits per heavy atom. The van der Waals surface area contributed by atoms with Crippen molar-refractivity contribution < 1.29 is 0 Å². The van der Waals surface area contributed by atoms with Gasteiger partial charge in [-0.2, -0.15) is 0 Å². The van der Waals surface area contributed by atoms with Crippen LogP contribution in [0.1, 0.15) is 5.56 Å². The van der Waals surface area contributed by atoms with E-state index in [0.29, 0.717) is 0 Å². The molecule has 82 valence electrons. The minimum atomic E-state index is 0.892. The normalized spacial score (nSPS) is 10.6. The summed E-state index contributed by atoms with van der Waals surface area (Å²) in [6.07, 6.45) is 5.42. The van der Waals surface area contributed by atoms with Gasteiger partial charge in [-0.1, -0.05) is 6.07 Å². The Hall–Kier alpha value is -2.29. The van der Waals surface area contributed by atoms with Crippen LogP contribution in [-0.4, -0.2) is 15.0 Å². The second kappa shape index (κ2) is 3.94. The summed E-state index contributed by atoms with van der Waals surface area (Å²) >= 11 is 0. The molecule has 3 aromatic heterocycles. The number of fused-ring (bicyclic) bond motifs is 1. The third-order valence-corrected chi connectivity index (χ3v) is 2.66. The molecular weight excluding hydrogens is 210 g/mol. The van der Waals surface area contributed by atoms with Gasteiger partial charge in [-0.05, 0) is 36.8 Å². The molecular formula is C14H11N3. The van der Waals surface area contributed by atoms with Crippen molar-refractivity contribution in [3.05, 3.63) is 54.5 Å². The summed E-state index contributed by atoms with van der Waals surface area (Å²) < 4.78 is 0. The molecule has 0 aromatic carbocycles. The maximum atomic E-state index is 4.57. The number of pyridine rings is 3. The van der Waals surface area contributed by atoms with Crippen LogP contribution in [0.2, 0.25) is 0 Å². The van der Waals surface area contributed by atoms with E-state index < -0.39 is 0 Å². The van der Waals surface area contributed by atoms with E-state index in [1.807, 2.05) is 49.6 Å². The van der Waals surface area contributed by atoms with Crippen LogP contribution in [0.25, 0.3) is 22.3 Å². The van der Waals surface area contributed by atoms with Crippen LogP contribution >= 0.6 is 0 Å². The van der Waals surface area contributed by atoms with E-state index >= 15 is 0 Å². The first-order chi connectivity index (χ1) is 8.33. The monoisotopic (exact) mass is 221 g/mol. The fourth-order valence-corrected chi connectivity index (χ4v) is 1.73. The first-order valence-electron chi connectivity index (χ1n) is 5.47. The summed E-state index contributed by atoms with van der Waals surface area (Å²) in [5.41, 5.74) is 3.89. The zero-order valence-corrected chi connectivity index (χ0v) is 9.46. The predicted molar refractivity (Wildman–Crippen MR) is 67.5 cm³/mol. The maximum absolute atomic E-state index is 4.57. The van der Waals surface area contributed by atoms with E-state index in [-0.39, 0.29) is 0 Å². The number of aryl methyl sites for hydroxylation is 1. The summed E-state index contributed by atoms with van der Waals surface area (Å²) in [5.74, 6) is 0. The Balaban J connectivity index is 2.14. The van der Waals surface area contributed by atoms with Crippen molar-refractivity contribution in [2.24, 2.45) is 0 Å². The van der Waals surface area contributed by atoms with Gasteiger partial charge in [-0.3, -0.25) is 9.97 Å². The van der Waals surface area contributed by atoms with Crippen LogP contribution in [0.3, 0.4) is 0 Å². The highest BCUT2D eigenvalue weighted by molar-refractivity contribution is 5.79. The number of hydrogen-bond acceptors (Lipinski definition) is 3. The van der Waals surface area contributed by atoms with E-state index in [2.05, 4.69) is 15.0 Å². The summed E-state index contributed by atoms with van der Waals surface area (Å²) in [7, 11) is 0. The molecule has 0 bridgehead atoms. The molecule has 0 unspecified atom stereocenters. The Morgan fingerprint density at radius 2 is 1.76 bits per heavy atom. The maximum Gasteiger partial charge on any atom is 0.0893 e. The van der Waals surface area contributed by atoms with Gasteiger partial charge in [0.25, 0.3) is 0 Å². The number of nitrogens with zero attached hydrogens (tertiary/aromatic N) is 3. The average molecular weight is 221 g/mol. The van der Waals surface area contributed by atoms with Crippen LogP contribution in [0, 0.1) is 6.92 Å². The van der Waals surface area contributed by atoms with Crippen molar-refractivity contribution in [2.45, 2.75) is 6.92 Å². The molecule has 0 aliphatic rings. The van der Waals surface area contributed by atoms with E-state index in [0.717, 1.165) is 27.9 Å². The molecule has 0 aliphatic carbocycles. The van der Waals surface area contributed by atoms with Crippen LogP contribution in [0.15, 0.2) is 48.9 Å². The van der Waals surface area contributed by atoms with Crippen LogP contribution in [-0.2, 0) is 0 Å². The molecule has 3 heterocycles. The highest BCUT2D eigenvalue weighted by Crippen LogP contribution is 2.18. The van der Waals surface area contributed by atoms with Gasteiger partial charge in [0, 0.05) is 24.0 Å². The van der Waals surface area contributed by atoms with Gasteiger partial charge in [0.2, 0.25) is 0 Å². The zero-order chi connectivity index (χ0) is 11.7. The van der Waals surface area contributed by atoms with E-state index in [9.17, 15) is 0 Å². The van der Waals surface area contributed by atoms with Gasteiger partial charge >= 0.3 is 0 Å². The third kappa shape index (κ3) is 1.87. The lowest BCUT2D eigenvalue weighted by atomic mass is 10.2. The Labute approximate surface area is 99.2 Å². The van der Waals surface area contributed by atoms with Gasteiger partial charge in [0.15, 0.2) is 0 Å². The largest absolute Gasteiger partial charge is 0.264 e. The number of rotatable bonds is 1. The average Bonchev–Trinajstić information content (AvgIpc) is 2.39. The van der Waals surface area contributed by atoms with Crippen LogP contribution in [0.5, 0.6) is 0 Å². The molecule has 0 N–H and O–H groups in total. The summed E-state index contributed by atoms with van der Waals surface area (Å²) in [6.45, 7) is 2.02. The van der Waals surface area contributed by atoms with E-state index in [4.69, 9.17) is 0 Å². The van der Waals surface area contributed by atoms with Crippen molar-refractivity contribution in [1.82, 2.24) is 15.0 Å². The first-order valence-corrected chi connectivity index (χ1v) is 5.47. The van der Waals surface area contributed by atoms with Gasteiger partial charge in [0.1, 0.15) is 0 Å². The Kier molecular flexibility index (Phi) is 2.29. The minimum absolute atomic E-state index is 0.892. The van der Waals surface area contributed by atoms with E-state index in [1.165, 1.54) is 0 Å². The lowest BCUT2D eigenvalue weighted by Gasteiger charge is -2.02. The van der Waals surface area contributed by atoms with Crippen LogP contribution < -0.4 is 0 Å². The first kappa shape index (κ1) is 9.90. The van der Waals surface area contributed by atoms with Crippen LogP contribution in [0.4, 0.5) is 0 Å². The zero-order valence-electron chi connectivity index (χ0n) is 9.46. The Bertz CT molecular complexity index is 660. The van der Waals surface area contributed by atoms with Crippen molar-refractivity contribution in [3.8, 4) is 11.4 Å². The molecule has 3 aromatic rings. The molecule has 0 fully saturated rings. The fourth-order valence-electron chi connectivity index (χ4n) is 1.73. The molecule has 0 spiro atoms. The second-order valence-corrected chi connectivity index (χ2v) is 3.99. The topological polar surface area (TPSA) is 38.7 Å². The highest BCUT2D eigenvalue weighted by atomic mass is 14.8. The second-order valence-electron chi connectivity index (χ2n) is 3.99. The highest BCUT2D eigenvalue weighted by Gasteiger charge is 2.02. The molecule has 0 amide bonds. The molecule has 0 saturated carbocycles. The molecule has 0 radical (unpaired) electrons. The fraction of sp³-hybridized carbons (Fsp3) is 0.0714. The van der Waals surface area contributed by atoms with Crippen molar-refractivity contribution >= 4 is 10.9 Å². The smallest absolute Gasteiger partial charge is 0.0893 e. The lowest BCUT2D eigenvalue weighted by molar-refractivity contribution is 1.24. The van der Waals surface area contributed by atoms with Gasteiger partial charge in [-0.25, -0.2) is 4.98 Å². The lowest BCUT2D eigenvalue weighted by Crippen LogP contribution is -1.89. The predicted octanol–water partition coefficient (Wildman–Crippen LogP) is 3.00. The van der Waals surface area contributed by atoms with Crippen molar-refractivity contribution in [1.29, 1.82) is 0 Å². The quantitative estimate of drug-likeness (QED) is 0.634. The minimum Gasteiger partial charge on any atom is -0.264 e. The van der Waals surface area contributed by atoms with Gasteiger partial charge < -0.3 is 0 Å². The molecule has 3 heteroatoms. The molecule has 0 saturated heterocycles. The molecule has 3 nitrogen and oxygen atoms in total. The van der Waals surface area contributed by atoms with Gasteiger partial charge in [0.05, 0.1) is 16.9 Å². The van der Waals surface area contributed by atoms with E-state index in [1.54, 1.807) is 6.20 Å². The number of hydrogen-bond donors (Lipinski definition) is 0. The number of aromatic nitrogens is 3. The SMILES string of the molecule is Cc1ccc(-c2ccc3cnccc3n2)nc1. The summed E-state index contributed by atoms with van der Waals surface area (Å²) in [6, 6.07) is 9.94. The Morgan fingerprint density at radius 3 is 2.59 bits per heavy atom. The van der Waals surface area contributed by atoms with Gasteiger partial charge in [-0.15, -0.1) is 0 Å².